The average Bonchev–Trinajstić information content (AvgIpc) is 2.84. The SMILES string of the molecule is CCC[C@H]1CC[C@H](c2ccc(CCc3ccc(-c4ccc(C#N)cc4C)cc3)cc2)CC1. The smallest absolute Gasteiger partial charge is 0.0991 e. The zero-order chi connectivity index (χ0) is 22.3. The normalized spacial score (nSPS) is 18.3. The summed E-state index contributed by atoms with van der Waals surface area (Å²) in [6.07, 6.45) is 10.5. The van der Waals surface area contributed by atoms with Gasteiger partial charge < -0.3 is 0 Å². The van der Waals surface area contributed by atoms with E-state index in [4.69, 9.17) is 5.26 Å². The van der Waals surface area contributed by atoms with E-state index < -0.39 is 0 Å². The van der Waals surface area contributed by atoms with E-state index >= 15 is 0 Å². The maximum Gasteiger partial charge on any atom is 0.0991 e. The van der Waals surface area contributed by atoms with Crippen LogP contribution in [0.4, 0.5) is 0 Å². The molecule has 1 saturated carbocycles. The molecule has 0 aromatic heterocycles. The van der Waals surface area contributed by atoms with Crippen LogP contribution in [-0.2, 0) is 12.8 Å². The maximum absolute atomic E-state index is 9.07. The van der Waals surface area contributed by atoms with Crippen molar-refractivity contribution in [2.24, 2.45) is 5.92 Å². The zero-order valence-corrected chi connectivity index (χ0v) is 19.6. The van der Waals surface area contributed by atoms with Crippen molar-refractivity contribution in [1.82, 2.24) is 0 Å². The van der Waals surface area contributed by atoms with E-state index in [0.717, 1.165) is 35.8 Å². The second-order valence-corrected chi connectivity index (χ2v) is 9.59. The predicted molar refractivity (Wildman–Crippen MR) is 135 cm³/mol. The number of benzene rings is 3. The summed E-state index contributed by atoms with van der Waals surface area (Å²) < 4.78 is 0. The van der Waals surface area contributed by atoms with Crippen molar-refractivity contribution in [2.75, 3.05) is 0 Å². The molecule has 0 saturated heterocycles. The highest BCUT2D eigenvalue weighted by molar-refractivity contribution is 5.68. The van der Waals surface area contributed by atoms with E-state index in [1.165, 1.54) is 60.8 Å². The summed E-state index contributed by atoms with van der Waals surface area (Å²) in [5.74, 6) is 1.75. The van der Waals surface area contributed by atoms with E-state index in [2.05, 4.69) is 74.5 Å². The van der Waals surface area contributed by atoms with Crippen LogP contribution in [0.3, 0.4) is 0 Å². The molecule has 0 radical (unpaired) electrons. The van der Waals surface area contributed by atoms with Crippen molar-refractivity contribution < 1.29 is 0 Å². The Balaban J connectivity index is 1.32. The summed E-state index contributed by atoms with van der Waals surface area (Å²) in [6.45, 7) is 4.39. The lowest BCUT2D eigenvalue weighted by molar-refractivity contribution is 0.308. The molecule has 1 heteroatoms. The van der Waals surface area contributed by atoms with Crippen molar-refractivity contribution in [3.63, 3.8) is 0 Å². The van der Waals surface area contributed by atoms with Crippen molar-refractivity contribution >= 4 is 0 Å². The minimum absolute atomic E-state index is 0.720. The second kappa shape index (κ2) is 10.6. The summed E-state index contributed by atoms with van der Waals surface area (Å²) in [5.41, 5.74) is 8.64. The Labute approximate surface area is 194 Å². The van der Waals surface area contributed by atoms with Crippen molar-refractivity contribution in [1.29, 1.82) is 5.26 Å². The molecule has 32 heavy (non-hydrogen) atoms. The number of nitrogens with zero attached hydrogens (tertiary/aromatic N) is 1. The van der Waals surface area contributed by atoms with Gasteiger partial charge in [0, 0.05) is 0 Å². The molecule has 0 heterocycles. The van der Waals surface area contributed by atoms with E-state index in [9.17, 15) is 0 Å². The maximum atomic E-state index is 9.07. The number of hydrogen-bond donors (Lipinski definition) is 0. The molecular formula is C31H35N. The summed E-state index contributed by atoms with van der Waals surface area (Å²) >= 11 is 0. The van der Waals surface area contributed by atoms with Crippen LogP contribution in [0.2, 0.25) is 0 Å². The molecule has 1 aliphatic carbocycles. The van der Waals surface area contributed by atoms with Crippen LogP contribution in [0.25, 0.3) is 11.1 Å². The van der Waals surface area contributed by atoms with Crippen LogP contribution >= 0.6 is 0 Å². The Hall–Kier alpha value is -2.85. The van der Waals surface area contributed by atoms with Crippen LogP contribution in [0.1, 0.15) is 79.2 Å². The Morgan fingerprint density at radius 3 is 2.00 bits per heavy atom. The number of aryl methyl sites for hydroxylation is 3. The molecule has 0 amide bonds. The molecule has 3 aromatic carbocycles. The van der Waals surface area contributed by atoms with E-state index in [-0.39, 0.29) is 0 Å². The molecule has 0 aliphatic heterocycles. The molecule has 0 bridgehead atoms. The van der Waals surface area contributed by atoms with Gasteiger partial charge in [0.25, 0.3) is 0 Å². The fraction of sp³-hybridized carbons (Fsp3) is 0.387. The Morgan fingerprint density at radius 2 is 1.44 bits per heavy atom. The van der Waals surface area contributed by atoms with Gasteiger partial charge in [0.2, 0.25) is 0 Å². The van der Waals surface area contributed by atoms with Gasteiger partial charge in [0.1, 0.15) is 0 Å². The Kier molecular flexibility index (Phi) is 7.43. The van der Waals surface area contributed by atoms with Crippen LogP contribution in [0.15, 0.2) is 66.7 Å². The van der Waals surface area contributed by atoms with Crippen LogP contribution in [0, 0.1) is 24.2 Å². The van der Waals surface area contributed by atoms with Gasteiger partial charge in [0.15, 0.2) is 0 Å². The topological polar surface area (TPSA) is 23.8 Å². The highest BCUT2D eigenvalue weighted by Crippen LogP contribution is 2.37. The Bertz CT molecular complexity index is 1050. The molecule has 0 spiro atoms. The van der Waals surface area contributed by atoms with Crippen LogP contribution in [0.5, 0.6) is 0 Å². The zero-order valence-electron chi connectivity index (χ0n) is 19.6. The summed E-state index contributed by atoms with van der Waals surface area (Å²) in [7, 11) is 0. The van der Waals surface area contributed by atoms with Gasteiger partial charge in [-0.3, -0.25) is 0 Å². The van der Waals surface area contributed by atoms with E-state index in [1.54, 1.807) is 5.56 Å². The second-order valence-electron chi connectivity index (χ2n) is 9.59. The van der Waals surface area contributed by atoms with E-state index in [1.807, 2.05) is 12.1 Å². The van der Waals surface area contributed by atoms with Crippen molar-refractivity contribution in [3.8, 4) is 17.2 Å². The van der Waals surface area contributed by atoms with Crippen molar-refractivity contribution in [3.05, 3.63) is 94.5 Å². The lowest BCUT2D eigenvalue weighted by Gasteiger charge is -2.28. The lowest BCUT2D eigenvalue weighted by Crippen LogP contribution is -2.13. The molecule has 164 valence electrons. The van der Waals surface area contributed by atoms with Crippen LogP contribution < -0.4 is 0 Å². The fourth-order valence-corrected chi connectivity index (χ4v) is 5.35. The quantitative estimate of drug-likeness (QED) is 0.376. The molecule has 4 rings (SSSR count). The molecular weight excluding hydrogens is 386 g/mol. The van der Waals surface area contributed by atoms with Crippen molar-refractivity contribution in [2.45, 2.75) is 71.1 Å². The van der Waals surface area contributed by atoms with E-state index in [0.29, 0.717) is 0 Å². The fourth-order valence-electron chi connectivity index (χ4n) is 5.35. The molecule has 0 unspecified atom stereocenters. The lowest BCUT2D eigenvalue weighted by atomic mass is 9.77. The van der Waals surface area contributed by atoms with Gasteiger partial charge in [-0.2, -0.15) is 5.26 Å². The van der Waals surface area contributed by atoms with Gasteiger partial charge in [-0.1, -0.05) is 74.4 Å². The first-order valence-corrected chi connectivity index (χ1v) is 12.3. The largest absolute Gasteiger partial charge is 0.192 e. The molecule has 1 aliphatic rings. The minimum Gasteiger partial charge on any atom is -0.192 e. The van der Waals surface area contributed by atoms with Gasteiger partial charge in [-0.05, 0) is 103 Å². The van der Waals surface area contributed by atoms with Gasteiger partial charge in [-0.15, -0.1) is 0 Å². The Morgan fingerprint density at radius 1 is 0.812 bits per heavy atom. The van der Waals surface area contributed by atoms with Gasteiger partial charge >= 0.3 is 0 Å². The highest BCUT2D eigenvalue weighted by Gasteiger charge is 2.21. The first kappa shape index (κ1) is 22.3. The minimum atomic E-state index is 0.720. The first-order chi connectivity index (χ1) is 15.7. The molecule has 1 nitrogen and oxygen atoms in total. The third-order valence-electron chi connectivity index (χ3n) is 7.32. The highest BCUT2D eigenvalue weighted by atomic mass is 14.3. The average molecular weight is 422 g/mol. The third kappa shape index (κ3) is 5.49. The van der Waals surface area contributed by atoms with Crippen LogP contribution in [-0.4, -0.2) is 0 Å². The molecule has 0 N–H and O–H groups in total. The first-order valence-electron chi connectivity index (χ1n) is 12.3. The molecule has 3 aromatic rings. The van der Waals surface area contributed by atoms with Gasteiger partial charge in [-0.25, -0.2) is 0 Å². The summed E-state index contributed by atoms with van der Waals surface area (Å²) in [5, 5.41) is 9.07. The summed E-state index contributed by atoms with van der Waals surface area (Å²) in [6, 6.07) is 26.5. The monoisotopic (exact) mass is 421 g/mol. The van der Waals surface area contributed by atoms with Gasteiger partial charge in [0.05, 0.1) is 11.6 Å². The number of nitriles is 1. The number of rotatable bonds is 7. The summed E-state index contributed by atoms with van der Waals surface area (Å²) in [4.78, 5) is 0. The predicted octanol–water partition coefficient (Wildman–Crippen LogP) is 8.39. The third-order valence-corrected chi connectivity index (χ3v) is 7.32. The molecule has 0 atom stereocenters. The number of hydrogen-bond acceptors (Lipinski definition) is 1. The molecule has 1 fully saturated rings. The standard InChI is InChI=1S/C31H35N/c1-3-4-24-7-14-28(15-8-24)29-16-9-25(10-17-29)5-6-26-11-18-30(19-12-26)31-20-13-27(22-32)21-23(31)2/h9-13,16-21,24,28H,3-8,14-15H2,1-2H3/t24-,28-.